The van der Waals surface area contributed by atoms with Crippen molar-refractivity contribution in [2.75, 3.05) is 16.8 Å². The number of nitrogens with one attached hydrogen (secondary N) is 1. The molecule has 0 saturated carbocycles. The number of ether oxygens (including phenoxy) is 1. The summed E-state index contributed by atoms with van der Waals surface area (Å²) in [6, 6.07) is 28.0. The highest BCUT2D eigenvalue weighted by Gasteiger charge is 2.61. The third-order valence-corrected chi connectivity index (χ3v) is 9.34. The minimum absolute atomic E-state index is 0.146. The number of benzene rings is 4. The Morgan fingerprint density at radius 3 is 1.93 bits per heavy atom. The lowest BCUT2D eigenvalue weighted by Crippen LogP contribution is -2.41. The fourth-order valence-corrected chi connectivity index (χ4v) is 7.49. The molecule has 0 unspecified atom stereocenters. The van der Waals surface area contributed by atoms with Gasteiger partial charge in [-0.05, 0) is 70.6 Å². The zero-order valence-electron chi connectivity index (χ0n) is 23.3. The van der Waals surface area contributed by atoms with Gasteiger partial charge in [0.1, 0.15) is 0 Å². The van der Waals surface area contributed by atoms with Crippen molar-refractivity contribution in [2.45, 2.75) is 25.2 Å². The van der Waals surface area contributed by atoms with Crippen molar-refractivity contribution >= 4 is 51.0 Å². The highest BCUT2D eigenvalue weighted by molar-refractivity contribution is 9.10. The molecule has 2 atom stereocenters. The van der Waals surface area contributed by atoms with Crippen LogP contribution in [0.1, 0.15) is 56.9 Å². The largest absolute Gasteiger partial charge is 0.452 e. The summed E-state index contributed by atoms with van der Waals surface area (Å²) < 4.78 is 6.21. The molecule has 4 aromatic rings. The molecular weight excluding hydrogens is 608 g/mol. The third kappa shape index (κ3) is 4.39. The van der Waals surface area contributed by atoms with E-state index in [1.165, 1.54) is 11.0 Å². The van der Waals surface area contributed by atoms with Gasteiger partial charge in [0, 0.05) is 22.0 Å². The lowest BCUT2D eigenvalue weighted by Gasteiger charge is -2.45. The Labute approximate surface area is 257 Å². The number of nitrogens with zero attached hydrogens (tertiary/aromatic N) is 1. The number of rotatable bonds is 6. The number of imide groups is 1. The summed E-state index contributed by atoms with van der Waals surface area (Å²) in [6.07, 6.45) is 0.719. The number of anilines is 2. The van der Waals surface area contributed by atoms with Crippen LogP contribution in [-0.4, -0.2) is 30.3 Å². The molecule has 1 N–H and O–H groups in total. The summed E-state index contributed by atoms with van der Waals surface area (Å²) in [7, 11) is 0. The second kappa shape index (κ2) is 10.6. The Morgan fingerprint density at radius 1 is 0.791 bits per heavy atom. The molecule has 1 saturated heterocycles. The van der Waals surface area contributed by atoms with Crippen LogP contribution in [0.25, 0.3) is 0 Å². The van der Waals surface area contributed by atoms with E-state index >= 15 is 0 Å². The van der Waals surface area contributed by atoms with Crippen molar-refractivity contribution in [3.63, 3.8) is 0 Å². The molecular formula is C35H27BrN2O5. The molecule has 8 rings (SSSR count). The van der Waals surface area contributed by atoms with E-state index in [1.807, 2.05) is 43.3 Å². The molecule has 3 aliphatic carbocycles. The van der Waals surface area contributed by atoms with Crippen LogP contribution in [0.5, 0.6) is 0 Å². The van der Waals surface area contributed by atoms with Gasteiger partial charge in [0.2, 0.25) is 11.8 Å². The Hall–Kier alpha value is -4.56. The molecule has 214 valence electrons. The van der Waals surface area contributed by atoms with Gasteiger partial charge in [-0.25, -0.2) is 9.69 Å². The zero-order valence-corrected chi connectivity index (χ0v) is 24.8. The van der Waals surface area contributed by atoms with Crippen LogP contribution >= 0.6 is 15.9 Å². The van der Waals surface area contributed by atoms with E-state index in [4.69, 9.17) is 4.74 Å². The monoisotopic (exact) mass is 634 g/mol. The van der Waals surface area contributed by atoms with Crippen LogP contribution in [0.4, 0.5) is 11.4 Å². The third-order valence-electron chi connectivity index (χ3n) is 8.85. The summed E-state index contributed by atoms with van der Waals surface area (Å²) in [5.41, 5.74) is 6.45. The Bertz CT molecular complexity index is 1720. The van der Waals surface area contributed by atoms with Crippen LogP contribution in [0.3, 0.4) is 0 Å². The predicted molar refractivity (Wildman–Crippen MR) is 165 cm³/mol. The molecule has 0 spiro atoms. The van der Waals surface area contributed by atoms with Gasteiger partial charge in [0.05, 0.1) is 23.1 Å². The first-order valence-electron chi connectivity index (χ1n) is 14.3. The summed E-state index contributed by atoms with van der Waals surface area (Å²) in [5, 5.41) is 2.79. The average molecular weight is 636 g/mol. The first-order chi connectivity index (χ1) is 20.9. The molecule has 3 amide bonds. The lowest BCUT2D eigenvalue weighted by molar-refractivity contribution is -0.122. The van der Waals surface area contributed by atoms with E-state index in [1.54, 1.807) is 24.3 Å². The topological polar surface area (TPSA) is 92.8 Å². The normalized spacial score (nSPS) is 21.2. The van der Waals surface area contributed by atoms with Crippen molar-refractivity contribution in [2.24, 2.45) is 11.8 Å². The molecule has 4 aromatic carbocycles. The van der Waals surface area contributed by atoms with Gasteiger partial charge in [0.25, 0.3) is 5.91 Å². The number of halogens is 1. The molecule has 0 radical (unpaired) electrons. The number of carbonyl (C=O) groups excluding carboxylic acids is 4. The molecule has 43 heavy (non-hydrogen) atoms. The van der Waals surface area contributed by atoms with Crippen molar-refractivity contribution < 1.29 is 23.9 Å². The van der Waals surface area contributed by atoms with Crippen molar-refractivity contribution in [3.8, 4) is 0 Å². The Morgan fingerprint density at radius 2 is 1.37 bits per heavy atom. The molecule has 1 heterocycles. The number of hydrogen-bond acceptors (Lipinski definition) is 5. The van der Waals surface area contributed by atoms with Gasteiger partial charge in [-0.1, -0.05) is 77.5 Å². The van der Waals surface area contributed by atoms with Gasteiger partial charge >= 0.3 is 5.97 Å². The molecule has 8 heteroatoms. The van der Waals surface area contributed by atoms with E-state index in [9.17, 15) is 19.2 Å². The van der Waals surface area contributed by atoms with Crippen LogP contribution in [0, 0.1) is 11.8 Å². The summed E-state index contributed by atoms with van der Waals surface area (Å²) in [5.74, 6) is -3.18. The van der Waals surface area contributed by atoms with Crippen molar-refractivity contribution in [1.29, 1.82) is 0 Å². The standard InChI is InChI=1S/C35H27BrN2O5/c1-2-19-16-21(36)14-15-27(19)37-28(39)18-43-35(42)20-8-7-9-22(17-20)38-33(40)31-29-23-10-3-4-11-24(23)30(32(31)34(38)41)26-13-6-5-12-25(26)29/h3-17,29-32H,2,18H2,1H3,(H,37,39)/t29?,30?,31-,32+. The van der Waals surface area contributed by atoms with E-state index in [0.29, 0.717) is 11.4 Å². The average Bonchev–Trinajstić information content (AvgIpc) is 3.30. The Kier molecular flexibility index (Phi) is 6.73. The maximum absolute atomic E-state index is 14.0. The highest BCUT2D eigenvalue weighted by Crippen LogP contribution is 2.61. The number of amides is 3. The SMILES string of the molecule is CCc1cc(Br)ccc1NC(=O)COC(=O)c1cccc(N2C(=O)[C@@H]3C4c5ccccc5C(c5ccccc54)[C@@H]3C2=O)c1. The van der Waals surface area contributed by atoms with E-state index in [2.05, 4.69) is 45.5 Å². The predicted octanol–water partition coefficient (Wildman–Crippen LogP) is 6.20. The second-order valence-electron chi connectivity index (χ2n) is 11.1. The van der Waals surface area contributed by atoms with Gasteiger partial charge < -0.3 is 10.1 Å². The Balaban J connectivity index is 1.12. The molecule has 0 aromatic heterocycles. The fourth-order valence-electron chi connectivity index (χ4n) is 7.08. The number of carbonyl (C=O) groups is 4. The van der Waals surface area contributed by atoms with E-state index in [-0.39, 0.29) is 29.2 Å². The smallest absolute Gasteiger partial charge is 0.338 e. The van der Waals surface area contributed by atoms with Crippen LogP contribution < -0.4 is 10.2 Å². The first kappa shape index (κ1) is 27.3. The zero-order chi connectivity index (χ0) is 29.8. The quantitative estimate of drug-likeness (QED) is 0.201. The van der Waals surface area contributed by atoms with Crippen LogP contribution in [-0.2, 0) is 25.5 Å². The minimum Gasteiger partial charge on any atom is -0.452 e. The highest BCUT2D eigenvalue weighted by atomic mass is 79.9. The minimum atomic E-state index is -0.722. The second-order valence-corrected chi connectivity index (χ2v) is 12.0. The first-order valence-corrected chi connectivity index (χ1v) is 15.1. The van der Waals surface area contributed by atoms with E-state index in [0.717, 1.165) is 38.7 Å². The lowest BCUT2D eigenvalue weighted by atomic mass is 9.55. The number of aryl methyl sites for hydroxylation is 1. The molecule has 2 bridgehead atoms. The maximum Gasteiger partial charge on any atom is 0.338 e. The molecule has 7 nitrogen and oxygen atoms in total. The van der Waals surface area contributed by atoms with E-state index < -0.39 is 30.3 Å². The summed E-state index contributed by atoms with van der Waals surface area (Å²) in [4.78, 5) is 54.8. The molecule has 4 aliphatic rings. The fraction of sp³-hybridized carbons (Fsp3) is 0.200. The van der Waals surface area contributed by atoms with Crippen LogP contribution in [0.2, 0.25) is 0 Å². The number of esters is 1. The summed E-state index contributed by atoms with van der Waals surface area (Å²) in [6.45, 7) is 1.51. The molecule has 1 aliphatic heterocycles. The van der Waals surface area contributed by atoms with Gasteiger partial charge in [-0.3, -0.25) is 14.4 Å². The van der Waals surface area contributed by atoms with Gasteiger partial charge in [-0.2, -0.15) is 0 Å². The van der Waals surface area contributed by atoms with Crippen molar-refractivity contribution in [3.05, 3.63) is 129 Å². The molecule has 1 fully saturated rings. The van der Waals surface area contributed by atoms with Gasteiger partial charge in [0.15, 0.2) is 6.61 Å². The van der Waals surface area contributed by atoms with Crippen molar-refractivity contribution in [1.82, 2.24) is 0 Å². The summed E-state index contributed by atoms with van der Waals surface area (Å²) >= 11 is 3.43. The van der Waals surface area contributed by atoms with Gasteiger partial charge in [-0.15, -0.1) is 0 Å². The maximum atomic E-state index is 14.0. The number of hydrogen-bond donors (Lipinski definition) is 1. The van der Waals surface area contributed by atoms with Crippen LogP contribution in [0.15, 0.2) is 95.5 Å².